The molecule has 0 aliphatic heterocycles. The number of fused-ring (bicyclic) bond motifs is 1. The van der Waals surface area contributed by atoms with Crippen molar-refractivity contribution in [2.45, 2.75) is 64.5 Å². The van der Waals surface area contributed by atoms with Crippen LogP contribution in [0.4, 0.5) is 18.9 Å². The van der Waals surface area contributed by atoms with E-state index in [-0.39, 0.29) is 16.5 Å². The van der Waals surface area contributed by atoms with Crippen LogP contribution in [0.5, 0.6) is 0 Å². The Kier molecular flexibility index (Phi) is 5.61. The van der Waals surface area contributed by atoms with Gasteiger partial charge in [0.15, 0.2) is 0 Å². The van der Waals surface area contributed by atoms with E-state index < -0.39 is 12.1 Å². The lowest BCUT2D eigenvalue weighted by Gasteiger charge is -2.42. The van der Waals surface area contributed by atoms with Crippen LogP contribution >= 0.6 is 0 Å². The summed E-state index contributed by atoms with van der Waals surface area (Å²) in [5.74, 6) is -1.97. The molecule has 0 atom stereocenters. The number of carbonyl (C=O) groups excluding carboxylic acids is 1. The highest BCUT2D eigenvalue weighted by Gasteiger charge is 2.39. The third kappa shape index (κ3) is 4.61. The van der Waals surface area contributed by atoms with Crippen molar-refractivity contribution in [3.63, 3.8) is 0 Å². The van der Waals surface area contributed by atoms with Gasteiger partial charge in [-0.15, -0.1) is 0 Å². The van der Waals surface area contributed by atoms with Crippen LogP contribution in [-0.4, -0.2) is 12.1 Å². The monoisotopic (exact) mass is 415 g/mol. The molecule has 0 fully saturated rings. The maximum absolute atomic E-state index is 12.4. The van der Waals surface area contributed by atoms with E-state index in [1.165, 1.54) is 29.7 Å². The lowest BCUT2D eigenvalue weighted by Crippen LogP contribution is -2.33. The molecule has 0 spiro atoms. The highest BCUT2D eigenvalue weighted by atomic mass is 19.4. The zero-order valence-corrected chi connectivity index (χ0v) is 18.1. The van der Waals surface area contributed by atoms with Crippen molar-refractivity contribution < 1.29 is 18.0 Å². The van der Waals surface area contributed by atoms with Gasteiger partial charge in [-0.1, -0.05) is 64.1 Å². The van der Waals surface area contributed by atoms with E-state index in [0.717, 1.165) is 23.1 Å². The average Bonchev–Trinajstić information content (AvgIpc) is 2.65. The number of hydrogen-bond donors (Lipinski definition) is 1. The molecular weight excluding hydrogens is 387 g/mol. The van der Waals surface area contributed by atoms with Gasteiger partial charge in [0.1, 0.15) is 0 Å². The second-order valence-electron chi connectivity index (χ2n) is 9.43. The molecule has 2 aromatic carbocycles. The van der Waals surface area contributed by atoms with Gasteiger partial charge in [-0.25, -0.2) is 0 Å². The Hall–Kier alpha value is -2.56. The van der Waals surface area contributed by atoms with E-state index in [2.05, 4.69) is 52.0 Å². The van der Waals surface area contributed by atoms with Crippen LogP contribution in [0, 0.1) is 0 Å². The van der Waals surface area contributed by atoms with Crippen molar-refractivity contribution in [2.24, 2.45) is 0 Å². The molecule has 2 aromatic rings. The van der Waals surface area contributed by atoms with Crippen LogP contribution in [0.2, 0.25) is 0 Å². The number of carbonyl (C=O) groups is 1. The van der Waals surface area contributed by atoms with Gasteiger partial charge in [-0.3, -0.25) is 4.79 Å². The van der Waals surface area contributed by atoms with Gasteiger partial charge in [0.25, 0.3) is 0 Å². The highest BCUT2D eigenvalue weighted by Crippen LogP contribution is 2.46. The Morgan fingerprint density at radius 2 is 1.50 bits per heavy atom. The van der Waals surface area contributed by atoms with Crippen LogP contribution in [-0.2, 0) is 15.6 Å². The number of benzene rings is 2. The van der Waals surface area contributed by atoms with Crippen molar-refractivity contribution in [3.8, 4) is 0 Å². The van der Waals surface area contributed by atoms with E-state index in [4.69, 9.17) is 0 Å². The molecule has 160 valence electrons. The minimum absolute atomic E-state index is 0.117. The van der Waals surface area contributed by atoms with Crippen LogP contribution in [0.25, 0.3) is 11.6 Å². The third-order valence-corrected chi connectivity index (χ3v) is 6.12. The van der Waals surface area contributed by atoms with E-state index in [1.807, 2.05) is 12.2 Å². The molecule has 1 N–H and O–H groups in total. The van der Waals surface area contributed by atoms with Crippen LogP contribution in [0.1, 0.15) is 69.7 Å². The van der Waals surface area contributed by atoms with Gasteiger partial charge in [0.05, 0.1) is 0 Å². The first-order valence-corrected chi connectivity index (χ1v) is 10.1. The van der Waals surface area contributed by atoms with E-state index in [0.29, 0.717) is 0 Å². The molecular formula is C25H28F3NO. The predicted molar refractivity (Wildman–Crippen MR) is 116 cm³/mol. The summed E-state index contributed by atoms with van der Waals surface area (Å²) in [6.07, 6.45) is -0.507. The Morgan fingerprint density at radius 1 is 0.933 bits per heavy atom. The van der Waals surface area contributed by atoms with E-state index in [1.54, 1.807) is 12.1 Å². The second-order valence-corrected chi connectivity index (χ2v) is 9.43. The van der Waals surface area contributed by atoms with Crippen LogP contribution in [0.15, 0.2) is 42.5 Å². The SMILES string of the molecule is C/C(=C\c1ccc2c(c1)C(C)(C)CCC2(C)C)c1ccc(NC(=O)C(F)(F)F)cc1. The Bertz CT molecular complexity index is 982. The van der Waals surface area contributed by atoms with Crippen molar-refractivity contribution in [1.29, 1.82) is 0 Å². The molecule has 0 bridgehead atoms. The number of alkyl halides is 3. The number of anilines is 1. The normalized spacial score (nSPS) is 17.9. The summed E-state index contributed by atoms with van der Waals surface area (Å²) < 4.78 is 37.2. The number of nitrogens with one attached hydrogen (secondary N) is 1. The molecule has 1 aliphatic carbocycles. The maximum Gasteiger partial charge on any atom is 0.471 e. The van der Waals surface area contributed by atoms with Gasteiger partial charge in [0, 0.05) is 5.69 Å². The molecule has 0 aromatic heterocycles. The summed E-state index contributed by atoms with van der Waals surface area (Å²) in [4.78, 5) is 11.1. The Labute approximate surface area is 176 Å². The Morgan fingerprint density at radius 3 is 2.07 bits per heavy atom. The third-order valence-electron chi connectivity index (χ3n) is 6.12. The summed E-state index contributed by atoms with van der Waals surface area (Å²) in [6, 6.07) is 13.0. The van der Waals surface area contributed by atoms with Gasteiger partial charge < -0.3 is 5.32 Å². The van der Waals surface area contributed by atoms with Gasteiger partial charge in [-0.05, 0) is 70.6 Å². The number of amides is 1. The topological polar surface area (TPSA) is 29.1 Å². The minimum atomic E-state index is -4.90. The molecule has 0 radical (unpaired) electrons. The summed E-state index contributed by atoms with van der Waals surface area (Å²) in [7, 11) is 0. The first-order valence-electron chi connectivity index (χ1n) is 10.1. The van der Waals surface area contributed by atoms with Crippen LogP contribution in [0.3, 0.4) is 0 Å². The average molecular weight is 415 g/mol. The summed E-state index contributed by atoms with van der Waals surface area (Å²) in [5, 5.41) is 1.87. The van der Waals surface area contributed by atoms with Crippen molar-refractivity contribution in [1.82, 2.24) is 0 Å². The number of rotatable bonds is 3. The van der Waals surface area contributed by atoms with Crippen molar-refractivity contribution in [3.05, 3.63) is 64.7 Å². The van der Waals surface area contributed by atoms with E-state index >= 15 is 0 Å². The molecule has 3 rings (SSSR count). The van der Waals surface area contributed by atoms with Crippen LogP contribution < -0.4 is 5.32 Å². The zero-order chi connectivity index (χ0) is 22.3. The standard InChI is InChI=1S/C25H28F3NO/c1-16(18-7-9-19(10-8-18)29-22(30)25(26,27)28)14-17-6-11-20-21(15-17)24(4,5)13-12-23(20,2)3/h6-11,14-15H,12-13H2,1-5H3,(H,29,30)/b16-14+. The summed E-state index contributed by atoms with van der Waals surface area (Å²) in [5.41, 5.74) is 6.18. The fourth-order valence-electron chi connectivity index (χ4n) is 4.05. The van der Waals surface area contributed by atoms with Crippen molar-refractivity contribution in [2.75, 3.05) is 5.32 Å². The predicted octanol–water partition coefficient (Wildman–Crippen LogP) is 7.10. The van der Waals surface area contributed by atoms with Gasteiger partial charge >= 0.3 is 12.1 Å². The number of hydrogen-bond acceptors (Lipinski definition) is 1. The molecule has 0 unspecified atom stereocenters. The molecule has 30 heavy (non-hydrogen) atoms. The molecule has 0 saturated heterocycles. The fraction of sp³-hybridized carbons (Fsp3) is 0.400. The zero-order valence-electron chi connectivity index (χ0n) is 18.1. The maximum atomic E-state index is 12.4. The summed E-state index contributed by atoms with van der Waals surface area (Å²) >= 11 is 0. The molecule has 0 saturated carbocycles. The molecule has 5 heteroatoms. The molecule has 1 aliphatic rings. The molecule has 2 nitrogen and oxygen atoms in total. The highest BCUT2D eigenvalue weighted by molar-refractivity contribution is 5.95. The van der Waals surface area contributed by atoms with Crippen molar-refractivity contribution >= 4 is 23.2 Å². The first kappa shape index (κ1) is 22.1. The number of halogens is 3. The van der Waals surface area contributed by atoms with Gasteiger partial charge in [-0.2, -0.15) is 13.2 Å². The number of allylic oxidation sites excluding steroid dienone is 1. The second kappa shape index (κ2) is 7.60. The minimum Gasteiger partial charge on any atom is -0.318 e. The summed E-state index contributed by atoms with van der Waals surface area (Å²) in [6.45, 7) is 11.1. The smallest absolute Gasteiger partial charge is 0.318 e. The largest absolute Gasteiger partial charge is 0.471 e. The van der Waals surface area contributed by atoms with E-state index in [9.17, 15) is 18.0 Å². The fourth-order valence-corrected chi connectivity index (χ4v) is 4.05. The molecule has 1 amide bonds. The Balaban J connectivity index is 1.85. The first-order chi connectivity index (χ1) is 13.8. The lowest BCUT2D eigenvalue weighted by molar-refractivity contribution is -0.167. The lowest BCUT2D eigenvalue weighted by atomic mass is 9.63. The molecule has 0 heterocycles. The van der Waals surface area contributed by atoms with Gasteiger partial charge in [0.2, 0.25) is 0 Å². The quantitative estimate of drug-likeness (QED) is 0.532.